The summed E-state index contributed by atoms with van der Waals surface area (Å²) in [5.41, 5.74) is 1.11. The van der Waals surface area contributed by atoms with Crippen LogP contribution in [0.2, 0.25) is 0 Å². The van der Waals surface area contributed by atoms with E-state index in [-0.39, 0.29) is 0 Å². The molecule has 0 bridgehead atoms. The van der Waals surface area contributed by atoms with Crippen molar-refractivity contribution in [3.8, 4) is 0 Å². The Morgan fingerprint density at radius 1 is 1.33 bits per heavy atom. The summed E-state index contributed by atoms with van der Waals surface area (Å²) in [4.78, 5) is 6.72. The monoisotopic (exact) mass is 262 g/mol. The minimum Gasteiger partial charge on any atom is -0.291 e. The second kappa shape index (κ2) is 6.02. The van der Waals surface area contributed by atoms with Gasteiger partial charge in [-0.25, -0.2) is 0 Å². The van der Waals surface area contributed by atoms with E-state index < -0.39 is 0 Å². The van der Waals surface area contributed by atoms with Crippen LogP contribution in [-0.4, -0.2) is 27.1 Å². The number of hydrogen-bond donors (Lipinski definition) is 0. The maximum Gasteiger partial charge on any atom is 0.131 e. The van der Waals surface area contributed by atoms with E-state index in [0.29, 0.717) is 6.04 Å². The van der Waals surface area contributed by atoms with Gasteiger partial charge in [0.05, 0.1) is 18.3 Å². The molecule has 2 rings (SSSR count). The molecule has 0 radical (unpaired) electrons. The van der Waals surface area contributed by atoms with Gasteiger partial charge < -0.3 is 0 Å². The Morgan fingerprint density at radius 3 is 2.72 bits per heavy atom. The van der Waals surface area contributed by atoms with Crippen LogP contribution in [0.1, 0.15) is 35.1 Å². The molecular weight excluding hydrogens is 244 g/mol. The van der Waals surface area contributed by atoms with E-state index in [9.17, 15) is 0 Å². The zero-order valence-electron chi connectivity index (χ0n) is 11.0. The topological polar surface area (TPSA) is 41.9 Å². The number of aryl methyl sites for hydroxylation is 1. The fraction of sp³-hybridized carbons (Fsp3) is 0.462. The largest absolute Gasteiger partial charge is 0.291 e. The lowest BCUT2D eigenvalue weighted by Gasteiger charge is -2.25. The van der Waals surface area contributed by atoms with E-state index in [1.54, 1.807) is 11.3 Å². The molecule has 0 aliphatic heterocycles. The molecule has 2 heterocycles. The van der Waals surface area contributed by atoms with E-state index in [0.717, 1.165) is 28.7 Å². The van der Waals surface area contributed by atoms with Crippen LogP contribution in [0.25, 0.3) is 0 Å². The molecule has 0 spiro atoms. The van der Waals surface area contributed by atoms with Crippen LogP contribution in [0.15, 0.2) is 24.4 Å². The third-order valence-electron chi connectivity index (χ3n) is 2.90. The standard InChI is InChI=1S/C13H18N4S/c1-4-12(11-7-5-6-8-14-11)17(3)9-13-16-15-10(2)18-13/h5-8,12H,4,9H2,1-3H3/t12-/m0/s1. The van der Waals surface area contributed by atoms with Crippen molar-refractivity contribution in [2.75, 3.05) is 7.05 Å². The predicted octanol–water partition coefficient (Wildman–Crippen LogP) is 2.82. The predicted molar refractivity (Wildman–Crippen MR) is 73.4 cm³/mol. The lowest BCUT2D eigenvalue weighted by molar-refractivity contribution is 0.225. The lowest BCUT2D eigenvalue weighted by Crippen LogP contribution is -2.24. The maximum atomic E-state index is 4.44. The summed E-state index contributed by atoms with van der Waals surface area (Å²) in [6.45, 7) is 4.99. The Kier molecular flexibility index (Phi) is 4.38. The van der Waals surface area contributed by atoms with Crippen molar-refractivity contribution >= 4 is 11.3 Å². The SMILES string of the molecule is CC[C@@H](c1ccccn1)N(C)Cc1nnc(C)s1. The summed E-state index contributed by atoms with van der Waals surface area (Å²) < 4.78 is 0. The normalized spacial score (nSPS) is 12.9. The quantitative estimate of drug-likeness (QED) is 0.831. The van der Waals surface area contributed by atoms with Gasteiger partial charge in [-0.2, -0.15) is 0 Å². The van der Waals surface area contributed by atoms with Gasteiger partial charge in [0.2, 0.25) is 0 Å². The number of nitrogens with zero attached hydrogens (tertiary/aromatic N) is 4. The minimum atomic E-state index is 0.329. The highest BCUT2D eigenvalue weighted by Crippen LogP contribution is 2.23. The molecule has 0 fully saturated rings. The highest BCUT2D eigenvalue weighted by atomic mass is 32.1. The number of rotatable bonds is 5. The van der Waals surface area contributed by atoms with Crippen LogP contribution < -0.4 is 0 Å². The van der Waals surface area contributed by atoms with E-state index in [1.165, 1.54) is 0 Å². The van der Waals surface area contributed by atoms with E-state index in [1.807, 2.05) is 25.3 Å². The highest BCUT2D eigenvalue weighted by Gasteiger charge is 2.17. The molecule has 0 N–H and O–H groups in total. The minimum absolute atomic E-state index is 0.329. The number of hydrogen-bond acceptors (Lipinski definition) is 5. The van der Waals surface area contributed by atoms with Gasteiger partial charge in [-0.1, -0.05) is 13.0 Å². The highest BCUT2D eigenvalue weighted by molar-refractivity contribution is 7.11. The fourth-order valence-electron chi connectivity index (χ4n) is 2.04. The first-order valence-electron chi connectivity index (χ1n) is 6.11. The van der Waals surface area contributed by atoms with Crippen LogP contribution in [0, 0.1) is 6.92 Å². The molecule has 0 unspecified atom stereocenters. The van der Waals surface area contributed by atoms with Crippen molar-refractivity contribution in [3.05, 3.63) is 40.1 Å². The average molecular weight is 262 g/mol. The molecule has 1 atom stereocenters. The van der Waals surface area contributed by atoms with Crippen LogP contribution in [0.3, 0.4) is 0 Å². The Morgan fingerprint density at radius 2 is 2.17 bits per heavy atom. The first kappa shape index (κ1) is 13.1. The molecule has 5 heteroatoms. The molecule has 0 aliphatic carbocycles. The van der Waals surface area contributed by atoms with Gasteiger partial charge in [0.1, 0.15) is 10.0 Å². The Labute approximate surface area is 112 Å². The molecule has 0 aromatic carbocycles. The molecule has 4 nitrogen and oxygen atoms in total. The second-order valence-electron chi connectivity index (χ2n) is 4.31. The van der Waals surface area contributed by atoms with Gasteiger partial charge >= 0.3 is 0 Å². The van der Waals surface area contributed by atoms with Crippen molar-refractivity contribution in [1.82, 2.24) is 20.1 Å². The summed E-state index contributed by atoms with van der Waals surface area (Å²) in [6.07, 6.45) is 2.88. The van der Waals surface area contributed by atoms with Gasteiger partial charge in [-0.3, -0.25) is 9.88 Å². The molecular formula is C13H18N4S. The molecule has 0 amide bonds. The van der Waals surface area contributed by atoms with Crippen molar-refractivity contribution < 1.29 is 0 Å². The first-order chi connectivity index (χ1) is 8.70. The van der Waals surface area contributed by atoms with Gasteiger partial charge in [0.15, 0.2) is 0 Å². The summed E-state index contributed by atoms with van der Waals surface area (Å²) >= 11 is 1.65. The summed E-state index contributed by atoms with van der Waals surface area (Å²) in [7, 11) is 2.11. The maximum absolute atomic E-state index is 4.44. The van der Waals surface area contributed by atoms with E-state index >= 15 is 0 Å². The van der Waals surface area contributed by atoms with Crippen LogP contribution in [0.4, 0.5) is 0 Å². The molecule has 0 aliphatic rings. The van der Waals surface area contributed by atoms with Crippen molar-refractivity contribution in [3.63, 3.8) is 0 Å². The molecule has 96 valence electrons. The Bertz CT molecular complexity index is 483. The second-order valence-corrected chi connectivity index (χ2v) is 5.57. The summed E-state index contributed by atoms with van der Waals surface area (Å²) in [6, 6.07) is 6.39. The molecule has 0 saturated heterocycles. The van der Waals surface area contributed by atoms with Crippen LogP contribution in [-0.2, 0) is 6.54 Å². The summed E-state index contributed by atoms with van der Waals surface area (Å²) in [5, 5.41) is 10.3. The number of pyridine rings is 1. The van der Waals surface area contributed by atoms with Crippen LogP contribution >= 0.6 is 11.3 Å². The van der Waals surface area contributed by atoms with Crippen molar-refractivity contribution in [2.24, 2.45) is 0 Å². The van der Waals surface area contributed by atoms with Crippen molar-refractivity contribution in [1.29, 1.82) is 0 Å². The molecule has 18 heavy (non-hydrogen) atoms. The fourth-order valence-corrected chi connectivity index (χ4v) is 2.82. The molecule has 0 saturated carbocycles. The van der Waals surface area contributed by atoms with Gasteiger partial charge in [-0.05, 0) is 32.5 Å². The van der Waals surface area contributed by atoms with E-state index in [4.69, 9.17) is 0 Å². The average Bonchev–Trinajstić information content (AvgIpc) is 2.77. The summed E-state index contributed by atoms with van der Waals surface area (Å²) in [5.74, 6) is 0. The Hall–Kier alpha value is -1.33. The van der Waals surface area contributed by atoms with Gasteiger partial charge in [-0.15, -0.1) is 21.5 Å². The zero-order valence-corrected chi connectivity index (χ0v) is 11.8. The molecule has 2 aromatic heterocycles. The zero-order chi connectivity index (χ0) is 13.0. The van der Waals surface area contributed by atoms with Crippen molar-refractivity contribution in [2.45, 2.75) is 32.9 Å². The van der Waals surface area contributed by atoms with E-state index in [2.05, 4.69) is 40.1 Å². The first-order valence-corrected chi connectivity index (χ1v) is 6.92. The number of aromatic nitrogens is 3. The van der Waals surface area contributed by atoms with Crippen LogP contribution in [0.5, 0.6) is 0 Å². The molecule has 2 aromatic rings. The smallest absolute Gasteiger partial charge is 0.131 e. The lowest BCUT2D eigenvalue weighted by atomic mass is 10.1. The van der Waals surface area contributed by atoms with Gasteiger partial charge in [0, 0.05) is 6.20 Å². The third kappa shape index (κ3) is 3.11. The Balaban J connectivity index is 2.08. The third-order valence-corrected chi connectivity index (χ3v) is 3.72. The van der Waals surface area contributed by atoms with Gasteiger partial charge in [0.25, 0.3) is 0 Å².